The van der Waals surface area contributed by atoms with Crippen molar-refractivity contribution in [3.8, 4) is 5.75 Å². The maximum atomic E-state index is 14.9. The van der Waals surface area contributed by atoms with Gasteiger partial charge in [0, 0.05) is 12.8 Å². The Kier molecular flexibility index (Phi) is 9.03. The molecule has 0 fully saturated rings. The van der Waals surface area contributed by atoms with Gasteiger partial charge in [0.05, 0.1) is 24.0 Å². The van der Waals surface area contributed by atoms with Crippen LogP contribution in [0.2, 0.25) is 0 Å². The van der Waals surface area contributed by atoms with E-state index < -0.39 is 29.5 Å². The van der Waals surface area contributed by atoms with Crippen LogP contribution in [-0.2, 0) is 9.53 Å². The first kappa shape index (κ1) is 28.8. The van der Waals surface area contributed by atoms with Crippen LogP contribution < -0.4 is 21.1 Å². The lowest BCUT2D eigenvalue weighted by Crippen LogP contribution is -2.21. The van der Waals surface area contributed by atoms with Crippen LogP contribution in [0.1, 0.15) is 5.56 Å². The Morgan fingerprint density at radius 2 is 1.87 bits per heavy atom. The highest BCUT2D eigenvalue weighted by Crippen LogP contribution is 2.30. The molecule has 2 aromatic heterocycles. The summed E-state index contributed by atoms with van der Waals surface area (Å²) < 4.78 is 76.3. The number of fused-ring (bicyclic) bond motifs is 1. The molecular weight excluding hydrogens is 537 g/mol. The zero-order chi connectivity index (χ0) is 28.7. The molecule has 4 N–H and O–H groups in total. The molecule has 2 heterocycles. The number of anilines is 4. The highest BCUT2D eigenvalue weighted by atomic mass is 19.4. The molecule has 208 valence electrons. The third kappa shape index (κ3) is 7.64. The topological polar surface area (TPSA) is 152 Å². The highest BCUT2D eigenvalue weighted by molar-refractivity contribution is 5.78. The van der Waals surface area contributed by atoms with Gasteiger partial charge in [-0.15, -0.1) is 0 Å². The van der Waals surface area contributed by atoms with E-state index in [0.717, 1.165) is 6.20 Å². The summed E-state index contributed by atoms with van der Waals surface area (Å²) in [5.74, 6) is -4.79. The minimum atomic E-state index is -5.08. The van der Waals surface area contributed by atoms with Crippen LogP contribution in [-0.4, -0.2) is 52.5 Å². The van der Waals surface area contributed by atoms with E-state index in [9.17, 15) is 26.7 Å². The number of carboxylic acids is 1. The van der Waals surface area contributed by atoms with E-state index in [2.05, 4.69) is 25.6 Å². The number of aromatic nitrogens is 3. The Bertz CT molecular complexity index is 1520. The quantitative estimate of drug-likeness (QED) is 0.178. The molecule has 2 aromatic carbocycles. The van der Waals surface area contributed by atoms with Gasteiger partial charge in [0.1, 0.15) is 6.61 Å². The van der Waals surface area contributed by atoms with Crippen molar-refractivity contribution < 1.29 is 45.7 Å². The van der Waals surface area contributed by atoms with Crippen molar-refractivity contribution >= 4 is 40.2 Å². The number of H-pyrrole nitrogens is 1. The SMILES string of the molecule is COCCOc1c(C)ccc(Nc2ncc(F)c(Nc3ccc4oc(=O)[nH]c4c3)n2)c1F.O=C(O)C(F)(F)F. The molecule has 0 atom stereocenters. The number of nitrogens with one attached hydrogen (secondary N) is 3. The molecule has 0 bridgehead atoms. The molecule has 39 heavy (non-hydrogen) atoms. The highest BCUT2D eigenvalue weighted by Gasteiger charge is 2.38. The van der Waals surface area contributed by atoms with E-state index in [-0.39, 0.29) is 29.8 Å². The summed E-state index contributed by atoms with van der Waals surface area (Å²) in [4.78, 5) is 30.7. The molecule has 16 heteroatoms. The molecule has 0 aliphatic rings. The van der Waals surface area contributed by atoms with E-state index in [1.165, 1.54) is 13.2 Å². The van der Waals surface area contributed by atoms with Crippen LogP contribution in [0.5, 0.6) is 5.75 Å². The summed E-state index contributed by atoms with van der Waals surface area (Å²) in [7, 11) is 1.52. The second-order valence-corrected chi connectivity index (χ2v) is 7.58. The third-order valence-electron chi connectivity index (χ3n) is 4.74. The lowest BCUT2D eigenvalue weighted by molar-refractivity contribution is -0.192. The maximum Gasteiger partial charge on any atom is 0.490 e. The predicted octanol–water partition coefficient (Wildman–Crippen LogP) is 4.64. The van der Waals surface area contributed by atoms with Crippen LogP contribution in [0.25, 0.3) is 11.1 Å². The number of hydrogen-bond donors (Lipinski definition) is 4. The van der Waals surface area contributed by atoms with Gasteiger partial charge in [-0.05, 0) is 36.8 Å². The summed E-state index contributed by atoms with van der Waals surface area (Å²) in [6.07, 6.45) is -4.13. The average molecular weight is 557 g/mol. The average Bonchev–Trinajstić information content (AvgIpc) is 3.24. The summed E-state index contributed by atoms with van der Waals surface area (Å²) in [5.41, 5.74) is 1.94. The number of benzene rings is 2. The fourth-order valence-electron chi connectivity index (χ4n) is 2.96. The molecule has 0 saturated carbocycles. The molecule has 0 aliphatic carbocycles. The second kappa shape index (κ2) is 12.2. The molecule has 0 unspecified atom stereocenters. The summed E-state index contributed by atoms with van der Waals surface area (Å²) in [5, 5.41) is 12.7. The number of carboxylic acid groups (broad SMARTS) is 1. The van der Waals surface area contributed by atoms with Gasteiger partial charge in [0.15, 0.2) is 28.8 Å². The Morgan fingerprint density at radius 1 is 1.15 bits per heavy atom. The number of aliphatic carboxylic acids is 1. The standard InChI is InChI=1S/C21H19F2N5O4.C2HF3O2/c1-11-3-5-14(17(23)18(11)31-8-7-30-2)26-20-24-10-13(22)19(28-20)25-12-4-6-16-15(9-12)27-21(29)32-16;3-2(4,5)1(6)7/h3-6,9-10H,7-8H2,1-2H3,(H,27,29)(H2,24,25,26,28);(H,6,7). The fraction of sp³-hybridized carbons (Fsp3) is 0.217. The summed E-state index contributed by atoms with van der Waals surface area (Å²) in [6, 6.07) is 7.91. The normalized spacial score (nSPS) is 11.1. The van der Waals surface area contributed by atoms with Crippen molar-refractivity contribution in [3.05, 3.63) is 64.3 Å². The van der Waals surface area contributed by atoms with E-state index in [1.807, 2.05) is 0 Å². The van der Waals surface area contributed by atoms with E-state index in [1.54, 1.807) is 31.2 Å². The van der Waals surface area contributed by atoms with E-state index in [0.29, 0.717) is 29.0 Å². The zero-order valence-corrected chi connectivity index (χ0v) is 20.2. The van der Waals surface area contributed by atoms with Gasteiger partial charge in [-0.25, -0.2) is 23.4 Å². The minimum absolute atomic E-state index is 0.0303. The zero-order valence-electron chi connectivity index (χ0n) is 20.2. The van der Waals surface area contributed by atoms with E-state index >= 15 is 0 Å². The van der Waals surface area contributed by atoms with Gasteiger partial charge in [-0.2, -0.15) is 18.2 Å². The number of nitrogens with zero attached hydrogens (tertiary/aromatic N) is 2. The molecule has 0 aliphatic heterocycles. The maximum absolute atomic E-state index is 14.9. The van der Waals surface area contributed by atoms with Gasteiger partial charge in [0.25, 0.3) is 0 Å². The molecule has 0 saturated heterocycles. The van der Waals surface area contributed by atoms with Gasteiger partial charge in [-0.3, -0.25) is 4.98 Å². The van der Waals surface area contributed by atoms with Crippen LogP contribution in [0.15, 0.2) is 45.7 Å². The van der Waals surface area contributed by atoms with E-state index in [4.69, 9.17) is 23.8 Å². The minimum Gasteiger partial charge on any atom is -0.488 e. The van der Waals surface area contributed by atoms with Crippen molar-refractivity contribution in [2.45, 2.75) is 13.1 Å². The second-order valence-electron chi connectivity index (χ2n) is 7.58. The van der Waals surface area contributed by atoms with Crippen LogP contribution in [0, 0.1) is 18.6 Å². The number of methoxy groups -OCH3 is 1. The first-order valence-corrected chi connectivity index (χ1v) is 10.8. The lowest BCUT2D eigenvalue weighted by Gasteiger charge is -2.14. The number of ether oxygens (including phenoxy) is 2. The van der Waals surface area contributed by atoms with Crippen molar-refractivity contribution in [1.29, 1.82) is 0 Å². The number of halogens is 5. The molecule has 4 aromatic rings. The number of carbonyl (C=O) groups is 1. The van der Waals surface area contributed by atoms with Gasteiger partial charge in [0.2, 0.25) is 5.95 Å². The monoisotopic (exact) mass is 557 g/mol. The fourth-order valence-corrected chi connectivity index (χ4v) is 2.96. The van der Waals surface area contributed by atoms with Crippen molar-refractivity contribution in [2.24, 2.45) is 0 Å². The van der Waals surface area contributed by atoms with Crippen molar-refractivity contribution in [2.75, 3.05) is 31.0 Å². The molecule has 4 rings (SSSR count). The molecule has 0 radical (unpaired) electrons. The summed E-state index contributed by atoms with van der Waals surface area (Å²) >= 11 is 0. The van der Waals surface area contributed by atoms with Crippen molar-refractivity contribution in [3.63, 3.8) is 0 Å². The van der Waals surface area contributed by atoms with Gasteiger partial charge < -0.3 is 29.6 Å². The smallest absolute Gasteiger partial charge is 0.488 e. The number of aryl methyl sites for hydroxylation is 1. The molecule has 0 amide bonds. The molecule has 11 nitrogen and oxygen atoms in total. The Labute approximate surface area is 215 Å². The predicted molar refractivity (Wildman–Crippen MR) is 128 cm³/mol. The van der Waals surface area contributed by atoms with Gasteiger partial charge in [-0.1, -0.05) is 6.07 Å². The van der Waals surface area contributed by atoms with Crippen LogP contribution in [0.4, 0.5) is 45.1 Å². The molecular formula is C23H20F5N5O6. The molecule has 0 spiro atoms. The first-order chi connectivity index (χ1) is 18.4. The van der Waals surface area contributed by atoms with Crippen LogP contribution in [0.3, 0.4) is 0 Å². The largest absolute Gasteiger partial charge is 0.490 e. The van der Waals surface area contributed by atoms with Crippen LogP contribution >= 0.6 is 0 Å². The number of aromatic amines is 1. The third-order valence-corrected chi connectivity index (χ3v) is 4.74. The van der Waals surface area contributed by atoms with Crippen molar-refractivity contribution in [1.82, 2.24) is 15.0 Å². The summed E-state index contributed by atoms with van der Waals surface area (Å²) in [6.45, 7) is 2.21. The first-order valence-electron chi connectivity index (χ1n) is 10.8. The Balaban J connectivity index is 0.000000532. The Hall–Kier alpha value is -4.73. The number of oxazole rings is 1. The number of rotatable bonds is 8. The number of alkyl halides is 3. The lowest BCUT2D eigenvalue weighted by atomic mass is 10.2. The Morgan fingerprint density at radius 3 is 2.54 bits per heavy atom. The van der Waals surface area contributed by atoms with Gasteiger partial charge >= 0.3 is 17.9 Å². The number of hydrogen-bond acceptors (Lipinski definition) is 9.